The van der Waals surface area contributed by atoms with E-state index in [-0.39, 0.29) is 11.4 Å². The lowest BCUT2D eigenvalue weighted by atomic mass is 10.2. The number of aromatic hydroxyl groups is 1. The van der Waals surface area contributed by atoms with Gasteiger partial charge in [0.15, 0.2) is 0 Å². The van der Waals surface area contributed by atoms with Crippen LogP contribution >= 0.6 is 15.9 Å². The van der Waals surface area contributed by atoms with E-state index in [2.05, 4.69) is 20.9 Å². The van der Waals surface area contributed by atoms with Crippen LogP contribution in [0, 0.1) is 0 Å². The topological polar surface area (TPSA) is 58.0 Å². The summed E-state index contributed by atoms with van der Waals surface area (Å²) < 4.78 is 2.40. The Balaban J connectivity index is 2.40. The smallest absolute Gasteiger partial charge is 0.331 e. The maximum atomic E-state index is 12.0. The van der Waals surface area contributed by atoms with Crippen molar-refractivity contribution in [1.29, 1.82) is 0 Å². The fourth-order valence-electron chi connectivity index (χ4n) is 1.97. The fraction of sp³-hybridized carbons (Fsp3) is 0. The number of phenolic OH excluding ortho intramolecular Hbond substituents is 1. The molecule has 0 bridgehead atoms. The zero-order valence-electron chi connectivity index (χ0n) is 9.22. The van der Waals surface area contributed by atoms with E-state index in [4.69, 9.17) is 0 Å². The number of nitrogens with one attached hydrogen (secondary N) is 1. The number of halogens is 1. The molecule has 3 rings (SSSR count). The molecule has 0 aliphatic rings. The van der Waals surface area contributed by atoms with Gasteiger partial charge in [-0.3, -0.25) is 4.57 Å². The van der Waals surface area contributed by atoms with Gasteiger partial charge in [0, 0.05) is 10.5 Å². The van der Waals surface area contributed by atoms with Crippen molar-refractivity contribution in [3.8, 4) is 11.4 Å². The monoisotopic (exact) mass is 304 g/mol. The van der Waals surface area contributed by atoms with Gasteiger partial charge in [0.2, 0.25) is 0 Å². The molecule has 1 aromatic heterocycles. The number of imidazole rings is 1. The molecule has 5 heteroatoms. The average molecular weight is 305 g/mol. The van der Waals surface area contributed by atoms with Crippen molar-refractivity contribution >= 4 is 27.0 Å². The van der Waals surface area contributed by atoms with Crippen LogP contribution in [0.3, 0.4) is 0 Å². The van der Waals surface area contributed by atoms with Gasteiger partial charge in [-0.15, -0.1) is 0 Å². The van der Waals surface area contributed by atoms with Crippen molar-refractivity contribution in [2.75, 3.05) is 0 Å². The molecule has 0 unspecified atom stereocenters. The maximum Gasteiger partial charge on any atom is 0.331 e. The number of rotatable bonds is 1. The SMILES string of the molecule is O=c1[nH]c2cc(O)ccc2n1-c1ccccc1Br. The molecule has 2 N–H and O–H groups in total. The summed E-state index contributed by atoms with van der Waals surface area (Å²) in [7, 11) is 0. The normalized spacial score (nSPS) is 10.9. The second-order valence-electron chi connectivity index (χ2n) is 3.92. The minimum Gasteiger partial charge on any atom is -0.508 e. The van der Waals surface area contributed by atoms with Crippen molar-refractivity contribution < 1.29 is 5.11 Å². The van der Waals surface area contributed by atoms with Crippen molar-refractivity contribution in [2.24, 2.45) is 0 Å². The molecule has 90 valence electrons. The number of hydrogen-bond acceptors (Lipinski definition) is 2. The van der Waals surface area contributed by atoms with E-state index >= 15 is 0 Å². The van der Waals surface area contributed by atoms with Crippen LogP contribution in [0.4, 0.5) is 0 Å². The van der Waals surface area contributed by atoms with E-state index in [9.17, 15) is 9.90 Å². The van der Waals surface area contributed by atoms with Crippen molar-refractivity contribution in [3.63, 3.8) is 0 Å². The van der Waals surface area contributed by atoms with E-state index in [0.29, 0.717) is 5.52 Å². The fourth-order valence-corrected chi connectivity index (χ4v) is 2.43. The zero-order valence-corrected chi connectivity index (χ0v) is 10.8. The Morgan fingerprint density at radius 3 is 2.72 bits per heavy atom. The molecule has 0 atom stereocenters. The van der Waals surface area contributed by atoms with Crippen LogP contribution in [0.25, 0.3) is 16.7 Å². The van der Waals surface area contributed by atoms with Gasteiger partial charge in [-0.25, -0.2) is 4.79 Å². The zero-order chi connectivity index (χ0) is 12.7. The molecule has 3 aromatic rings. The number of benzene rings is 2. The molecule has 0 saturated heterocycles. The number of nitrogens with zero attached hydrogens (tertiary/aromatic N) is 1. The second kappa shape index (κ2) is 4.03. The van der Waals surface area contributed by atoms with E-state index in [1.165, 1.54) is 6.07 Å². The largest absolute Gasteiger partial charge is 0.508 e. The van der Waals surface area contributed by atoms with E-state index in [1.54, 1.807) is 16.7 Å². The third kappa shape index (κ3) is 1.64. The third-order valence-corrected chi connectivity index (χ3v) is 3.43. The van der Waals surface area contributed by atoms with Crippen LogP contribution in [0.5, 0.6) is 5.75 Å². The van der Waals surface area contributed by atoms with Crippen molar-refractivity contribution in [1.82, 2.24) is 9.55 Å². The van der Waals surface area contributed by atoms with Gasteiger partial charge in [-0.1, -0.05) is 12.1 Å². The number of para-hydroxylation sites is 1. The van der Waals surface area contributed by atoms with Crippen LogP contribution in [-0.2, 0) is 0 Å². The molecule has 1 heterocycles. The number of phenols is 1. The van der Waals surface area contributed by atoms with E-state index < -0.39 is 0 Å². The summed E-state index contributed by atoms with van der Waals surface area (Å²) in [4.78, 5) is 14.7. The molecule has 0 aliphatic heterocycles. The summed E-state index contributed by atoms with van der Waals surface area (Å²) in [5, 5.41) is 9.41. The predicted molar refractivity (Wildman–Crippen MR) is 73.3 cm³/mol. The first-order valence-corrected chi connectivity index (χ1v) is 6.15. The summed E-state index contributed by atoms with van der Waals surface area (Å²) in [5.41, 5.74) is 1.86. The standard InChI is InChI=1S/C13H9BrN2O2/c14-9-3-1-2-4-11(9)16-12-6-5-8(17)7-10(12)15-13(16)18/h1-7,17H,(H,15,18). The molecular formula is C13H9BrN2O2. The lowest BCUT2D eigenvalue weighted by Crippen LogP contribution is -2.14. The van der Waals surface area contributed by atoms with Gasteiger partial charge in [0.1, 0.15) is 5.75 Å². The minimum absolute atomic E-state index is 0.128. The van der Waals surface area contributed by atoms with Crippen molar-refractivity contribution in [2.45, 2.75) is 0 Å². The van der Waals surface area contributed by atoms with Crippen LogP contribution in [0.15, 0.2) is 51.7 Å². The first-order valence-electron chi connectivity index (χ1n) is 5.35. The summed E-state index contributed by atoms with van der Waals surface area (Å²) in [6.45, 7) is 0. The molecular weight excluding hydrogens is 296 g/mol. The van der Waals surface area contributed by atoms with Crippen LogP contribution in [0.1, 0.15) is 0 Å². The Hall–Kier alpha value is -2.01. The van der Waals surface area contributed by atoms with Crippen LogP contribution in [-0.4, -0.2) is 14.7 Å². The highest BCUT2D eigenvalue weighted by Gasteiger charge is 2.10. The Kier molecular flexibility index (Phi) is 2.48. The lowest BCUT2D eigenvalue weighted by molar-refractivity contribution is 0.476. The Morgan fingerprint density at radius 1 is 1.17 bits per heavy atom. The number of fused-ring (bicyclic) bond motifs is 1. The lowest BCUT2D eigenvalue weighted by Gasteiger charge is -2.05. The molecule has 0 fully saturated rings. The molecule has 0 amide bonds. The Bertz CT molecular complexity index is 789. The summed E-state index contributed by atoms with van der Waals surface area (Å²) in [6.07, 6.45) is 0. The number of aromatic amines is 1. The molecule has 4 nitrogen and oxygen atoms in total. The van der Waals surface area contributed by atoms with Crippen LogP contribution in [0.2, 0.25) is 0 Å². The highest BCUT2D eigenvalue weighted by atomic mass is 79.9. The summed E-state index contributed by atoms with van der Waals surface area (Å²) in [5.74, 6) is 0.128. The average Bonchev–Trinajstić information content (AvgIpc) is 2.65. The number of H-pyrrole nitrogens is 1. The van der Waals surface area contributed by atoms with Gasteiger partial charge >= 0.3 is 5.69 Å². The maximum absolute atomic E-state index is 12.0. The molecule has 18 heavy (non-hydrogen) atoms. The number of hydrogen-bond donors (Lipinski definition) is 2. The van der Waals surface area contributed by atoms with Gasteiger partial charge in [0.25, 0.3) is 0 Å². The predicted octanol–water partition coefficient (Wildman–Crippen LogP) is 2.79. The number of aromatic nitrogens is 2. The van der Waals surface area contributed by atoms with E-state index in [1.807, 2.05) is 24.3 Å². The first-order chi connectivity index (χ1) is 8.66. The molecule has 0 aliphatic carbocycles. The molecule has 0 saturated carbocycles. The van der Waals surface area contributed by atoms with E-state index in [0.717, 1.165) is 15.7 Å². The van der Waals surface area contributed by atoms with Gasteiger partial charge in [-0.05, 0) is 40.2 Å². The van der Waals surface area contributed by atoms with Gasteiger partial charge < -0.3 is 10.1 Å². The minimum atomic E-state index is -0.234. The van der Waals surface area contributed by atoms with Gasteiger partial charge in [-0.2, -0.15) is 0 Å². The van der Waals surface area contributed by atoms with Gasteiger partial charge in [0.05, 0.1) is 16.7 Å². The summed E-state index contributed by atoms with van der Waals surface area (Å²) >= 11 is 3.43. The quantitative estimate of drug-likeness (QED) is 0.726. The first kappa shape index (κ1) is 11.1. The molecule has 2 aromatic carbocycles. The van der Waals surface area contributed by atoms with Crippen molar-refractivity contribution in [3.05, 3.63) is 57.4 Å². The summed E-state index contributed by atoms with van der Waals surface area (Å²) in [6, 6.07) is 12.3. The Labute approximate surface area is 111 Å². The molecule has 0 spiro atoms. The highest BCUT2D eigenvalue weighted by Crippen LogP contribution is 2.24. The highest BCUT2D eigenvalue weighted by molar-refractivity contribution is 9.10. The van der Waals surface area contributed by atoms with Crippen LogP contribution < -0.4 is 5.69 Å². The Morgan fingerprint density at radius 2 is 1.94 bits per heavy atom. The third-order valence-electron chi connectivity index (χ3n) is 2.76. The second-order valence-corrected chi connectivity index (χ2v) is 4.77. The molecule has 0 radical (unpaired) electrons.